The molecule has 2 aliphatic rings. The van der Waals surface area contributed by atoms with E-state index in [1.165, 1.54) is 39.5 Å². The molecule has 2 aromatic rings. The molecule has 5 heteroatoms. The van der Waals surface area contributed by atoms with Crippen LogP contribution in [-0.4, -0.2) is 79.6 Å². The standard InChI is InChI=1S/C34H46N4O/c1-25-15-17-29-27(23-25)33(2,3)31(37(29)21-19-35(6)7)13-11-10-12-14-32-34(4,5)28-24-26(39)16-18-30(28)38(32)22-20-36(8)9/h10-18,23-24H,19-22H2,1-9H3/p+1. The summed E-state index contributed by atoms with van der Waals surface area (Å²) in [6.45, 7) is 15.1. The molecule has 39 heavy (non-hydrogen) atoms. The monoisotopic (exact) mass is 527 g/mol. The van der Waals surface area contributed by atoms with E-state index in [2.05, 4.69) is 131 Å². The highest BCUT2D eigenvalue weighted by molar-refractivity contribution is 6.03. The average Bonchev–Trinajstić information content (AvgIpc) is 3.19. The SMILES string of the molecule is Cc1ccc2c(c1)C(C)(C)\C(=C/C=C/C=C/C1=[N+](CCN(C)C)c3ccc(O)cc3C1(C)C)N2CCN(C)C. The number of allylic oxidation sites excluding steroid dienone is 6. The molecule has 0 fully saturated rings. The minimum absolute atomic E-state index is 0.0590. The number of likely N-dealkylation sites (N-methyl/N-ethyl adjacent to an activating group) is 2. The van der Waals surface area contributed by atoms with Crippen molar-refractivity contribution < 1.29 is 9.68 Å². The lowest BCUT2D eigenvalue weighted by molar-refractivity contribution is -0.437. The number of benzene rings is 2. The summed E-state index contributed by atoms with van der Waals surface area (Å²) in [7, 11) is 8.48. The number of anilines is 1. The Morgan fingerprint density at radius 2 is 1.56 bits per heavy atom. The van der Waals surface area contributed by atoms with Gasteiger partial charge in [0.25, 0.3) is 0 Å². The Morgan fingerprint density at radius 3 is 2.26 bits per heavy atom. The second-order valence-electron chi connectivity index (χ2n) is 12.6. The van der Waals surface area contributed by atoms with Gasteiger partial charge >= 0.3 is 0 Å². The van der Waals surface area contributed by atoms with Crippen LogP contribution >= 0.6 is 0 Å². The molecule has 4 rings (SSSR count). The Hall–Kier alpha value is -3.15. The predicted molar refractivity (Wildman–Crippen MR) is 166 cm³/mol. The lowest BCUT2D eigenvalue weighted by Gasteiger charge is -2.28. The highest BCUT2D eigenvalue weighted by Crippen LogP contribution is 2.48. The normalized spacial score (nSPS) is 18.9. The quantitative estimate of drug-likeness (QED) is 0.321. The van der Waals surface area contributed by atoms with E-state index >= 15 is 0 Å². The van der Waals surface area contributed by atoms with Gasteiger partial charge in [0.05, 0.1) is 12.0 Å². The molecule has 2 aromatic carbocycles. The molecule has 0 spiro atoms. The van der Waals surface area contributed by atoms with Crippen molar-refractivity contribution in [2.24, 2.45) is 0 Å². The number of nitrogens with zero attached hydrogens (tertiary/aromatic N) is 4. The fraction of sp³-hybridized carbons (Fsp3) is 0.441. The van der Waals surface area contributed by atoms with E-state index < -0.39 is 0 Å². The second kappa shape index (κ2) is 11.1. The Balaban J connectivity index is 1.64. The molecular formula is C34H47N4O+. The molecule has 0 saturated heterocycles. The number of phenols is 1. The lowest BCUT2D eigenvalue weighted by Crippen LogP contribution is -2.32. The number of rotatable bonds is 9. The van der Waals surface area contributed by atoms with Crippen LogP contribution in [0.2, 0.25) is 0 Å². The average molecular weight is 528 g/mol. The topological polar surface area (TPSA) is 33.0 Å². The van der Waals surface area contributed by atoms with Crippen LogP contribution in [0.1, 0.15) is 44.4 Å². The van der Waals surface area contributed by atoms with Crippen molar-refractivity contribution in [3.8, 4) is 5.75 Å². The lowest BCUT2D eigenvalue weighted by atomic mass is 9.81. The first kappa shape index (κ1) is 28.8. The summed E-state index contributed by atoms with van der Waals surface area (Å²) < 4.78 is 2.40. The smallest absolute Gasteiger partial charge is 0.210 e. The zero-order valence-corrected chi connectivity index (χ0v) is 25.4. The van der Waals surface area contributed by atoms with Gasteiger partial charge in [-0.05, 0) is 78.8 Å². The van der Waals surface area contributed by atoms with E-state index in [0.717, 1.165) is 26.2 Å². The Labute approximate surface area is 236 Å². The van der Waals surface area contributed by atoms with Gasteiger partial charge in [-0.1, -0.05) is 49.8 Å². The predicted octanol–water partition coefficient (Wildman–Crippen LogP) is 5.99. The highest BCUT2D eigenvalue weighted by atomic mass is 16.3. The van der Waals surface area contributed by atoms with E-state index in [1.807, 2.05) is 12.1 Å². The summed E-state index contributed by atoms with van der Waals surface area (Å²) in [4.78, 5) is 6.95. The molecular weight excluding hydrogens is 480 g/mol. The molecule has 0 amide bonds. The fourth-order valence-electron chi connectivity index (χ4n) is 5.89. The number of aromatic hydroxyl groups is 1. The molecule has 2 aliphatic heterocycles. The summed E-state index contributed by atoms with van der Waals surface area (Å²) in [6.07, 6.45) is 11.0. The molecule has 1 N–H and O–H groups in total. The number of hydrogen-bond acceptors (Lipinski definition) is 4. The van der Waals surface area contributed by atoms with Gasteiger partial charge in [-0.3, -0.25) is 0 Å². The third-order valence-corrected chi connectivity index (χ3v) is 8.19. The maximum Gasteiger partial charge on any atom is 0.210 e. The summed E-state index contributed by atoms with van der Waals surface area (Å²) in [5.74, 6) is 0.320. The van der Waals surface area contributed by atoms with Crippen molar-refractivity contribution in [3.05, 3.63) is 89.2 Å². The minimum Gasteiger partial charge on any atom is -0.508 e. The van der Waals surface area contributed by atoms with Gasteiger partial charge in [-0.25, -0.2) is 0 Å². The third-order valence-electron chi connectivity index (χ3n) is 8.19. The molecule has 5 nitrogen and oxygen atoms in total. The van der Waals surface area contributed by atoms with Crippen LogP contribution < -0.4 is 4.90 Å². The number of hydrogen-bond donors (Lipinski definition) is 1. The minimum atomic E-state index is -0.195. The van der Waals surface area contributed by atoms with E-state index in [1.54, 1.807) is 6.07 Å². The molecule has 0 atom stereocenters. The highest BCUT2D eigenvalue weighted by Gasteiger charge is 2.44. The van der Waals surface area contributed by atoms with Crippen LogP contribution in [0.5, 0.6) is 5.75 Å². The number of phenolic OH excluding ortho intramolecular Hbond substituents is 1. The van der Waals surface area contributed by atoms with E-state index in [0.29, 0.717) is 5.75 Å². The van der Waals surface area contributed by atoms with Crippen molar-refractivity contribution >= 4 is 17.1 Å². The van der Waals surface area contributed by atoms with Crippen LogP contribution in [-0.2, 0) is 10.8 Å². The summed E-state index contributed by atoms with van der Waals surface area (Å²) in [6, 6.07) is 12.6. The van der Waals surface area contributed by atoms with Crippen LogP contribution in [0.25, 0.3) is 0 Å². The van der Waals surface area contributed by atoms with Gasteiger partial charge < -0.3 is 19.8 Å². The molecule has 0 bridgehead atoms. The van der Waals surface area contributed by atoms with Gasteiger partial charge in [-0.2, -0.15) is 4.58 Å². The maximum atomic E-state index is 10.2. The van der Waals surface area contributed by atoms with E-state index in [-0.39, 0.29) is 10.8 Å². The second-order valence-corrected chi connectivity index (χ2v) is 12.6. The Morgan fingerprint density at radius 1 is 0.846 bits per heavy atom. The molecule has 0 saturated carbocycles. The van der Waals surface area contributed by atoms with Gasteiger partial charge in [0.15, 0.2) is 12.3 Å². The van der Waals surface area contributed by atoms with Crippen molar-refractivity contribution in [3.63, 3.8) is 0 Å². The first-order valence-corrected chi connectivity index (χ1v) is 14.1. The summed E-state index contributed by atoms with van der Waals surface area (Å²) in [5.41, 5.74) is 8.71. The zero-order chi connectivity index (χ0) is 28.5. The largest absolute Gasteiger partial charge is 0.508 e. The number of aryl methyl sites for hydroxylation is 1. The first-order chi connectivity index (χ1) is 18.3. The van der Waals surface area contributed by atoms with Crippen molar-refractivity contribution in [1.82, 2.24) is 9.80 Å². The van der Waals surface area contributed by atoms with Gasteiger partial charge in [0.1, 0.15) is 5.75 Å². The molecule has 0 aromatic heterocycles. The summed E-state index contributed by atoms with van der Waals surface area (Å²) >= 11 is 0. The molecule has 0 unspecified atom stereocenters. The molecule has 208 valence electrons. The van der Waals surface area contributed by atoms with Crippen molar-refractivity contribution in [2.75, 3.05) is 59.3 Å². The molecule has 2 heterocycles. The first-order valence-electron chi connectivity index (χ1n) is 14.1. The van der Waals surface area contributed by atoms with Crippen LogP contribution in [0, 0.1) is 6.92 Å². The van der Waals surface area contributed by atoms with Crippen LogP contribution in [0.15, 0.2) is 72.5 Å². The third kappa shape index (κ3) is 5.75. The fourth-order valence-corrected chi connectivity index (χ4v) is 5.89. The van der Waals surface area contributed by atoms with E-state index in [4.69, 9.17) is 0 Å². The zero-order valence-electron chi connectivity index (χ0n) is 25.4. The molecule has 0 radical (unpaired) electrons. The van der Waals surface area contributed by atoms with Crippen molar-refractivity contribution in [2.45, 2.75) is 45.4 Å². The van der Waals surface area contributed by atoms with Gasteiger partial charge in [0.2, 0.25) is 5.69 Å². The van der Waals surface area contributed by atoms with Gasteiger partial charge in [0, 0.05) is 47.6 Å². The van der Waals surface area contributed by atoms with Crippen LogP contribution in [0.4, 0.5) is 11.4 Å². The van der Waals surface area contributed by atoms with Gasteiger partial charge in [-0.15, -0.1) is 0 Å². The Kier molecular flexibility index (Phi) is 8.25. The summed E-state index contributed by atoms with van der Waals surface area (Å²) in [5, 5.41) is 10.2. The Bertz CT molecular complexity index is 1340. The number of fused-ring (bicyclic) bond motifs is 2. The van der Waals surface area contributed by atoms with E-state index in [9.17, 15) is 5.11 Å². The van der Waals surface area contributed by atoms with Crippen molar-refractivity contribution in [1.29, 1.82) is 0 Å². The van der Waals surface area contributed by atoms with Crippen LogP contribution in [0.3, 0.4) is 0 Å². The maximum absolute atomic E-state index is 10.2. The molecule has 0 aliphatic carbocycles.